The van der Waals surface area contributed by atoms with E-state index in [0.717, 1.165) is 27.4 Å². The second kappa shape index (κ2) is 4.53. The number of aromatic nitrogens is 2. The average molecular weight is 236 g/mol. The minimum Gasteiger partial charge on any atom is -0.280 e. The van der Waals surface area contributed by atoms with Crippen molar-refractivity contribution in [3.05, 3.63) is 18.0 Å². The van der Waals surface area contributed by atoms with Gasteiger partial charge in [0.2, 0.25) is 0 Å². The van der Waals surface area contributed by atoms with E-state index in [1.807, 2.05) is 24.0 Å². The van der Waals surface area contributed by atoms with Crippen LogP contribution in [0.15, 0.2) is 12.4 Å². The van der Waals surface area contributed by atoms with Gasteiger partial charge in [-0.15, -0.1) is 0 Å². The number of nitrogens with zero attached hydrogens (tertiary/aromatic N) is 4. The summed E-state index contributed by atoms with van der Waals surface area (Å²) in [6.07, 6.45) is 5.66. The van der Waals surface area contributed by atoms with E-state index < -0.39 is 0 Å². The summed E-state index contributed by atoms with van der Waals surface area (Å²) in [6, 6.07) is 2.30. The number of rotatable bonds is 4. The van der Waals surface area contributed by atoms with E-state index in [2.05, 4.69) is 22.8 Å². The first-order chi connectivity index (χ1) is 7.70. The molecule has 5 heteroatoms. The summed E-state index contributed by atoms with van der Waals surface area (Å²) in [7, 11) is 0.881. The standard InChI is InChI=1S/C11H17N4P/c1-3-16-14-8-11(9-14,4-5-12)15-7-10(2)6-13-15/h6-7,16H,3-4,8-9H2,1-2H3. The first-order valence-corrected chi connectivity index (χ1v) is 6.73. The Morgan fingerprint density at radius 2 is 2.38 bits per heavy atom. The molecular weight excluding hydrogens is 219 g/mol. The number of hydrogen-bond acceptors (Lipinski definition) is 3. The Morgan fingerprint density at radius 1 is 1.62 bits per heavy atom. The maximum atomic E-state index is 8.94. The van der Waals surface area contributed by atoms with Gasteiger partial charge in [-0.3, -0.25) is 9.35 Å². The third-order valence-corrected chi connectivity index (χ3v) is 4.04. The molecule has 1 fully saturated rings. The zero-order chi connectivity index (χ0) is 11.6. The maximum absolute atomic E-state index is 8.94. The van der Waals surface area contributed by atoms with Crippen LogP contribution in [0.25, 0.3) is 0 Å². The molecule has 1 aliphatic rings. The Labute approximate surface area is 98.1 Å². The molecule has 0 spiro atoms. The normalized spacial score (nSPS) is 19.8. The molecule has 0 aromatic carbocycles. The Kier molecular flexibility index (Phi) is 3.28. The Bertz CT molecular complexity index is 400. The summed E-state index contributed by atoms with van der Waals surface area (Å²) in [5, 5.41) is 13.3. The van der Waals surface area contributed by atoms with Gasteiger partial charge in [0.15, 0.2) is 0 Å². The van der Waals surface area contributed by atoms with Crippen molar-refractivity contribution >= 4 is 8.73 Å². The quantitative estimate of drug-likeness (QED) is 0.748. The van der Waals surface area contributed by atoms with Gasteiger partial charge in [0.05, 0.1) is 18.7 Å². The lowest BCUT2D eigenvalue weighted by Gasteiger charge is -2.48. The number of nitriles is 1. The molecule has 86 valence electrons. The van der Waals surface area contributed by atoms with E-state index in [1.54, 1.807) is 0 Å². The van der Waals surface area contributed by atoms with Crippen LogP contribution in [0, 0.1) is 18.3 Å². The molecule has 0 radical (unpaired) electrons. The monoisotopic (exact) mass is 236 g/mol. The first-order valence-electron chi connectivity index (χ1n) is 5.57. The molecule has 0 N–H and O–H groups in total. The van der Waals surface area contributed by atoms with E-state index in [4.69, 9.17) is 5.26 Å². The highest BCUT2D eigenvalue weighted by Gasteiger charge is 2.44. The summed E-state index contributed by atoms with van der Waals surface area (Å²) < 4.78 is 4.40. The maximum Gasteiger partial charge on any atom is 0.101 e. The number of hydrogen-bond donors (Lipinski definition) is 0. The predicted octanol–water partition coefficient (Wildman–Crippen LogP) is 1.73. The molecule has 0 aliphatic carbocycles. The molecule has 1 atom stereocenters. The molecule has 1 unspecified atom stereocenters. The zero-order valence-electron chi connectivity index (χ0n) is 9.77. The van der Waals surface area contributed by atoms with Crippen LogP contribution in [0.2, 0.25) is 0 Å². The molecule has 0 amide bonds. The Hall–Kier alpha value is -0.910. The van der Waals surface area contributed by atoms with Crippen molar-refractivity contribution in [1.82, 2.24) is 14.5 Å². The zero-order valence-corrected chi connectivity index (χ0v) is 10.8. The number of aryl methyl sites for hydroxylation is 1. The van der Waals surface area contributed by atoms with Crippen molar-refractivity contribution in [3.63, 3.8) is 0 Å². The van der Waals surface area contributed by atoms with E-state index >= 15 is 0 Å². The van der Waals surface area contributed by atoms with Crippen LogP contribution in [0.5, 0.6) is 0 Å². The summed E-state index contributed by atoms with van der Waals surface area (Å²) in [4.78, 5) is 0. The fraction of sp³-hybridized carbons (Fsp3) is 0.636. The topological polar surface area (TPSA) is 44.9 Å². The van der Waals surface area contributed by atoms with Crippen molar-refractivity contribution in [2.24, 2.45) is 0 Å². The highest BCUT2D eigenvalue weighted by atomic mass is 31.1. The van der Waals surface area contributed by atoms with Crippen LogP contribution >= 0.6 is 8.73 Å². The predicted molar refractivity (Wildman–Crippen MR) is 65.6 cm³/mol. The van der Waals surface area contributed by atoms with Gasteiger partial charge in [0.1, 0.15) is 5.54 Å². The second-order valence-corrected chi connectivity index (χ2v) is 6.05. The van der Waals surface area contributed by atoms with Crippen LogP contribution in [0.1, 0.15) is 18.9 Å². The fourth-order valence-electron chi connectivity index (χ4n) is 2.16. The van der Waals surface area contributed by atoms with Crippen LogP contribution < -0.4 is 0 Å². The van der Waals surface area contributed by atoms with Crippen LogP contribution in [-0.4, -0.2) is 33.7 Å². The molecule has 1 saturated heterocycles. The summed E-state index contributed by atoms with van der Waals surface area (Å²) in [5.74, 6) is 0. The van der Waals surface area contributed by atoms with Gasteiger partial charge in [-0.25, -0.2) is 0 Å². The molecule has 16 heavy (non-hydrogen) atoms. The summed E-state index contributed by atoms with van der Waals surface area (Å²) in [6.45, 7) is 6.16. The van der Waals surface area contributed by atoms with E-state index in [1.165, 1.54) is 6.16 Å². The molecule has 0 bridgehead atoms. The van der Waals surface area contributed by atoms with Crippen LogP contribution in [-0.2, 0) is 5.54 Å². The summed E-state index contributed by atoms with van der Waals surface area (Å²) in [5.41, 5.74) is 1.10. The lowest BCUT2D eigenvalue weighted by Crippen LogP contribution is -2.59. The lowest BCUT2D eigenvalue weighted by atomic mass is 9.89. The van der Waals surface area contributed by atoms with Crippen molar-refractivity contribution < 1.29 is 0 Å². The first kappa shape index (κ1) is 11.6. The van der Waals surface area contributed by atoms with Crippen molar-refractivity contribution in [2.75, 3.05) is 19.3 Å². The molecule has 4 nitrogen and oxygen atoms in total. The van der Waals surface area contributed by atoms with Gasteiger partial charge in [-0.2, -0.15) is 10.4 Å². The van der Waals surface area contributed by atoms with Crippen molar-refractivity contribution in [1.29, 1.82) is 5.26 Å². The molecule has 1 aliphatic heterocycles. The molecule has 1 aromatic rings. The van der Waals surface area contributed by atoms with E-state index in [0.29, 0.717) is 6.42 Å². The van der Waals surface area contributed by atoms with Gasteiger partial charge in [0, 0.05) is 19.3 Å². The Balaban J connectivity index is 2.11. The third kappa shape index (κ3) is 1.98. The minimum absolute atomic E-state index is 0.0643. The highest BCUT2D eigenvalue weighted by molar-refractivity contribution is 7.35. The molecular formula is C11H17N4P. The van der Waals surface area contributed by atoms with Gasteiger partial charge in [0.25, 0.3) is 0 Å². The van der Waals surface area contributed by atoms with Gasteiger partial charge in [-0.05, 0) is 18.6 Å². The molecule has 0 saturated carbocycles. The largest absolute Gasteiger partial charge is 0.280 e. The third-order valence-electron chi connectivity index (χ3n) is 2.96. The van der Waals surface area contributed by atoms with Gasteiger partial charge >= 0.3 is 0 Å². The minimum atomic E-state index is -0.0643. The second-order valence-electron chi connectivity index (χ2n) is 4.39. The van der Waals surface area contributed by atoms with Crippen LogP contribution in [0.4, 0.5) is 0 Å². The molecule has 2 heterocycles. The highest BCUT2D eigenvalue weighted by Crippen LogP contribution is 2.38. The van der Waals surface area contributed by atoms with E-state index in [-0.39, 0.29) is 5.54 Å². The summed E-state index contributed by atoms with van der Waals surface area (Å²) >= 11 is 0. The van der Waals surface area contributed by atoms with Gasteiger partial charge < -0.3 is 0 Å². The van der Waals surface area contributed by atoms with Crippen LogP contribution in [0.3, 0.4) is 0 Å². The smallest absolute Gasteiger partial charge is 0.101 e. The lowest BCUT2D eigenvalue weighted by molar-refractivity contribution is 0.0779. The fourth-order valence-corrected chi connectivity index (χ4v) is 3.42. The van der Waals surface area contributed by atoms with Crippen molar-refractivity contribution in [2.45, 2.75) is 25.8 Å². The Morgan fingerprint density at radius 3 is 2.88 bits per heavy atom. The molecule has 2 rings (SSSR count). The van der Waals surface area contributed by atoms with Crippen molar-refractivity contribution in [3.8, 4) is 6.07 Å². The van der Waals surface area contributed by atoms with Gasteiger partial charge in [-0.1, -0.05) is 15.7 Å². The molecule has 1 aromatic heterocycles. The van der Waals surface area contributed by atoms with E-state index in [9.17, 15) is 0 Å². The average Bonchev–Trinajstić information content (AvgIpc) is 2.62. The SMILES string of the molecule is CCPN1CC(CC#N)(n2cc(C)cn2)C1.